The summed E-state index contributed by atoms with van der Waals surface area (Å²) in [5, 5.41) is 6.02. The van der Waals surface area contributed by atoms with Gasteiger partial charge in [0.05, 0.1) is 0 Å². The average molecular weight is 330 g/mol. The molecule has 0 aliphatic carbocycles. The van der Waals surface area contributed by atoms with E-state index in [0.29, 0.717) is 25.1 Å². The fourth-order valence-corrected chi connectivity index (χ4v) is 2.81. The van der Waals surface area contributed by atoms with E-state index in [4.69, 9.17) is 5.73 Å². The average Bonchev–Trinajstić information content (AvgIpc) is 2.94. The summed E-state index contributed by atoms with van der Waals surface area (Å²) < 4.78 is 0. The first-order chi connectivity index (χ1) is 11.4. The summed E-state index contributed by atoms with van der Waals surface area (Å²) in [7, 11) is 0. The van der Waals surface area contributed by atoms with Crippen LogP contribution in [0.3, 0.4) is 0 Å². The first-order valence-electron chi connectivity index (χ1n) is 8.24. The zero-order valence-electron chi connectivity index (χ0n) is 14.3. The second-order valence-corrected chi connectivity index (χ2v) is 6.38. The Morgan fingerprint density at radius 2 is 2.04 bits per heavy atom. The lowest BCUT2D eigenvalue weighted by Gasteiger charge is -2.24. The molecule has 0 unspecified atom stereocenters. The highest BCUT2D eigenvalue weighted by molar-refractivity contribution is 5.98. The molecule has 24 heavy (non-hydrogen) atoms. The van der Waals surface area contributed by atoms with Crippen LogP contribution in [0.4, 0.5) is 5.69 Å². The fraction of sp³-hybridized carbons (Fsp3) is 0.444. The summed E-state index contributed by atoms with van der Waals surface area (Å²) in [6, 6.07) is 6.55. The summed E-state index contributed by atoms with van der Waals surface area (Å²) in [5.41, 5.74) is 7.45. The topological polar surface area (TPSA) is 87.5 Å². The number of anilines is 1. The summed E-state index contributed by atoms with van der Waals surface area (Å²) in [5.74, 6) is -0.308. The number of hydrogen-bond donors (Lipinski definition) is 3. The predicted octanol–water partition coefficient (Wildman–Crippen LogP) is 1.35. The second kappa shape index (κ2) is 7.97. The van der Waals surface area contributed by atoms with Crippen LogP contribution in [0.15, 0.2) is 36.9 Å². The van der Waals surface area contributed by atoms with E-state index in [1.165, 1.54) is 0 Å². The molecule has 6 nitrogen and oxygen atoms in total. The first-order valence-corrected chi connectivity index (χ1v) is 8.24. The van der Waals surface area contributed by atoms with E-state index < -0.39 is 6.04 Å². The van der Waals surface area contributed by atoms with Gasteiger partial charge in [0.1, 0.15) is 6.04 Å². The van der Waals surface area contributed by atoms with E-state index >= 15 is 0 Å². The van der Waals surface area contributed by atoms with E-state index in [9.17, 15) is 9.59 Å². The first kappa shape index (κ1) is 18.0. The van der Waals surface area contributed by atoms with Crippen molar-refractivity contribution in [1.82, 2.24) is 10.2 Å². The van der Waals surface area contributed by atoms with Crippen LogP contribution in [0.1, 0.15) is 30.6 Å². The molecule has 1 saturated heterocycles. The van der Waals surface area contributed by atoms with Crippen molar-refractivity contribution >= 4 is 17.5 Å². The number of carbonyl (C=O) groups excluding carboxylic acids is 2. The van der Waals surface area contributed by atoms with Crippen LogP contribution in [0, 0.1) is 0 Å². The van der Waals surface area contributed by atoms with Crippen LogP contribution < -0.4 is 16.4 Å². The molecule has 0 radical (unpaired) electrons. The molecule has 2 amide bonds. The van der Waals surface area contributed by atoms with Crippen molar-refractivity contribution in [3.8, 4) is 0 Å². The molecule has 2 rings (SSSR count). The third kappa shape index (κ3) is 4.35. The Labute approximate surface area is 143 Å². The highest BCUT2D eigenvalue weighted by atomic mass is 16.2. The third-order valence-corrected chi connectivity index (χ3v) is 3.91. The van der Waals surface area contributed by atoms with E-state index in [1.807, 2.05) is 26.0 Å². The SMILES string of the molecule is C=CCNc1ccc(C(=O)N2C[C@@H](N)C[C@H]2C(=O)NC(C)C)cc1. The molecule has 0 spiro atoms. The fourth-order valence-electron chi connectivity index (χ4n) is 2.81. The van der Waals surface area contributed by atoms with Gasteiger partial charge in [0.2, 0.25) is 5.91 Å². The predicted molar refractivity (Wildman–Crippen MR) is 95.8 cm³/mol. The summed E-state index contributed by atoms with van der Waals surface area (Å²) in [4.78, 5) is 26.7. The van der Waals surface area contributed by atoms with Crippen molar-refractivity contribution in [3.63, 3.8) is 0 Å². The molecule has 2 atom stereocenters. The highest BCUT2D eigenvalue weighted by Gasteiger charge is 2.38. The molecule has 6 heteroatoms. The van der Waals surface area contributed by atoms with Gasteiger partial charge in [0, 0.05) is 36.4 Å². The van der Waals surface area contributed by atoms with Crippen molar-refractivity contribution in [1.29, 1.82) is 0 Å². The van der Waals surface area contributed by atoms with Gasteiger partial charge >= 0.3 is 0 Å². The maximum atomic E-state index is 12.8. The molecule has 1 aliphatic rings. The van der Waals surface area contributed by atoms with Crippen molar-refractivity contribution in [2.24, 2.45) is 5.73 Å². The Kier molecular flexibility index (Phi) is 5.98. The quantitative estimate of drug-likeness (QED) is 0.687. The van der Waals surface area contributed by atoms with Crippen molar-refractivity contribution in [3.05, 3.63) is 42.5 Å². The van der Waals surface area contributed by atoms with Crippen LogP contribution in [-0.2, 0) is 4.79 Å². The molecular weight excluding hydrogens is 304 g/mol. The van der Waals surface area contributed by atoms with Crippen molar-refractivity contribution in [2.75, 3.05) is 18.4 Å². The van der Waals surface area contributed by atoms with Crippen LogP contribution in [0.2, 0.25) is 0 Å². The van der Waals surface area contributed by atoms with Crippen LogP contribution in [-0.4, -0.2) is 47.9 Å². The number of rotatable bonds is 6. The Balaban J connectivity index is 2.11. The second-order valence-electron chi connectivity index (χ2n) is 6.38. The van der Waals surface area contributed by atoms with Gasteiger partial charge in [-0.3, -0.25) is 9.59 Å². The highest BCUT2D eigenvalue weighted by Crippen LogP contribution is 2.21. The minimum absolute atomic E-state index is 0.0292. The van der Waals surface area contributed by atoms with E-state index in [0.717, 1.165) is 5.69 Å². The molecule has 1 aromatic rings. The minimum atomic E-state index is -0.506. The molecule has 0 bridgehead atoms. The third-order valence-electron chi connectivity index (χ3n) is 3.91. The monoisotopic (exact) mass is 330 g/mol. The van der Waals surface area contributed by atoms with Gasteiger partial charge in [0.15, 0.2) is 0 Å². The van der Waals surface area contributed by atoms with E-state index in [1.54, 1.807) is 23.1 Å². The Hall–Kier alpha value is -2.34. The Bertz CT molecular complexity index is 598. The molecule has 1 aliphatic heterocycles. The summed E-state index contributed by atoms with van der Waals surface area (Å²) >= 11 is 0. The van der Waals surface area contributed by atoms with Crippen LogP contribution in [0.25, 0.3) is 0 Å². The molecule has 4 N–H and O–H groups in total. The molecule has 1 fully saturated rings. The lowest BCUT2D eigenvalue weighted by atomic mass is 10.1. The number of likely N-dealkylation sites (tertiary alicyclic amines) is 1. The van der Waals surface area contributed by atoms with Crippen molar-refractivity contribution < 1.29 is 9.59 Å². The molecular formula is C18H26N4O2. The van der Waals surface area contributed by atoms with Gasteiger partial charge in [-0.2, -0.15) is 0 Å². The number of benzene rings is 1. The largest absolute Gasteiger partial charge is 0.382 e. The van der Waals surface area contributed by atoms with Crippen molar-refractivity contribution in [2.45, 2.75) is 38.4 Å². The van der Waals surface area contributed by atoms with Crippen LogP contribution >= 0.6 is 0 Å². The molecule has 130 valence electrons. The zero-order chi connectivity index (χ0) is 17.7. The van der Waals surface area contributed by atoms with Gasteiger partial charge in [-0.25, -0.2) is 0 Å². The minimum Gasteiger partial charge on any atom is -0.382 e. The number of hydrogen-bond acceptors (Lipinski definition) is 4. The molecule has 1 aromatic carbocycles. The smallest absolute Gasteiger partial charge is 0.254 e. The summed E-state index contributed by atoms with van der Waals surface area (Å²) in [6.07, 6.45) is 2.26. The standard InChI is InChI=1S/C18H26N4O2/c1-4-9-20-15-7-5-13(6-8-15)18(24)22-11-14(19)10-16(22)17(23)21-12(2)3/h4-8,12,14,16,20H,1,9-11,19H2,2-3H3,(H,21,23)/t14-,16-/m0/s1. The zero-order valence-corrected chi connectivity index (χ0v) is 14.3. The van der Waals surface area contributed by atoms with Gasteiger partial charge in [-0.15, -0.1) is 6.58 Å². The maximum Gasteiger partial charge on any atom is 0.254 e. The van der Waals surface area contributed by atoms with E-state index in [-0.39, 0.29) is 23.9 Å². The van der Waals surface area contributed by atoms with Gasteiger partial charge < -0.3 is 21.3 Å². The maximum absolute atomic E-state index is 12.8. The molecule has 1 heterocycles. The Morgan fingerprint density at radius 1 is 1.38 bits per heavy atom. The van der Waals surface area contributed by atoms with Gasteiger partial charge in [-0.05, 0) is 44.5 Å². The lowest BCUT2D eigenvalue weighted by molar-refractivity contribution is -0.125. The lowest BCUT2D eigenvalue weighted by Crippen LogP contribution is -2.47. The number of amides is 2. The van der Waals surface area contributed by atoms with Gasteiger partial charge in [0.25, 0.3) is 5.91 Å². The molecule has 0 aromatic heterocycles. The number of nitrogens with two attached hydrogens (primary N) is 1. The molecule has 0 saturated carbocycles. The summed E-state index contributed by atoms with van der Waals surface area (Å²) in [6.45, 7) is 8.50. The normalized spacial score (nSPS) is 20.1. The number of nitrogens with one attached hydrogen (secondary N) is 2. The number of nitrogens with zero attached hydrogens (tertiary/aromatic N) is 1. The van der Waals surface area contributed by atoms with E-state index in [2.05, 4.69) is 17.2 Å². The Morgan fingerprint density at radius 3 is 2.62 bits per heavy atom. The van der Waals surface area contributed by atoms with Gasteiger partial charge in [-0.1, -0.05) is 6.08 Å². The number of carbonyl (C=O) groups is 2. The van der Waals surface area contributed by atoms with Crippen LogP contribution in [0.5, 0.6) is 0 Å².